The highest BCUT2D eigenvalue weighted by Crippen LogP contribution is 2.30. The Balaban J connectivity index is 2.43. The van der Waals surface area contributed by atoms with E-state index in [4.69, 9.17) is 9.47 Å². The molecule has 122 valence electrons. The number of carbonyl (C=O) groups excluding carboxylic acids is 2. The molecule has 0 saturated carbocycles. The molecule has 0 spiro atoms. The molecule has 4 nitrogen and oxygen atoms in total. The first kappa shape index (κ1) is 17.2. The Morgan fingerprint density at radius 2 is 1.21 bits per heavy atom. The minimum absolute atomic E-state index is 0.272. The summed E-state index contributed by atoms with van der Waals surface area (Å²) < 4.78 is 10.5. The minimum Gasteiger partial charge on any atom is -0.423 e. The van der Waals surface area contributed by atoms with Gasteiger partial charge in [0, 0.05) is 17.2 Å². The van der Waals surface area contributed by atoms with E-state index in [0.29, 0.717) is 0 Å². The van der Waals surface area contributed by atoms with Crippen LogP contribution < -0.4 is 9.47 Å². The van der Waals surface area contributed by atoms with E-state index in [9.17, 15) is 9.59 Å². The van der Waals surface area contributed by atoms with Crippen LogP contribution in [-0.4, -0.2) is 11.9 Å². The van der Waals surface area contributed by atoms with Gasteiger partial charge in [-0.25, -0.2) is 9.59 Å². The lowest BCUT2D eigenvalue weighted by Crippen LogP contribution is -2.10. The zero-order chi connectivity index (χ0) is 17.7. The number of hydrogen-bond acceptors (Lipinski definition) is 4. The van der Waals surface area contributed by atoms with Crippen molar-refractivity contribution in [3.63, 3.8) is 0 Å². The Kier molecular flexibility index (Phi) is 5.32. The van der Waals surface area contributed by atoms with Gasteiger partial charge >= 0.3 is 11.9 Å². The topological polar surface area (TPSA) is 52.6 Å². The Morgan fingerprint density at radius 1 is 0.750 bits per heavy atom. The van der Waals surface area contributed by atoms with Gasteiger partial charge in [0.25, 0.3) is 0 Å². The predicted octanol–water partition coefficient (Wildman–Crippen LogP) is 4.32. The molecule has 2 rings (SSSR count). The van der Waals surface area contributed by atoms with Crippen molar-refractivity contribution in [3.8, 4) is 22.6 Å². The molecule has 2 aromatic carbocycles. The molecule has 0 heterocycles. The molecule has 0 unspecified atom stereocenters. The predicted molar refractivity (Wildman–Crippen MR) is 92.8 cm³/mol. The summed E-state index contributed by atoms with van der Waals surface area (Å²) in [4.78, 5) is 23.5. The van der Waals surface area contributed by atoms with Gasteiger partial charge in [0.15, 0.2) is 0 Å². The summed E-state index contributed by atoms with van der Waals surface area (Å²) in [6.45, 7) is 10.2. The highest BCUT2D eigenvalue weighted by atomic mass is 16.5. The van der Waals surface area contributed by atoms with E-state index in [1.807, 2.05) is 30.3 Å². The second-order valence-electron chi connectivity index (χ2n) is 5.40. The number of rotatable bonds is 5. The highest BCUT2D eigenvalue weighted by molar-refractivity contribution is 5.90. The smallest absolute Gasteiger partial charge is 0.338 e. The summed E-state index contributed by atoms with van der Waals surface area (Å²) in [5.74, 6) is -0.544. The van der Waals surface area contributed by atoms with Crippen LogP contribution in [0.1, 0.15) is 13.8 Å². The average Bonchev–Trinajstić information content (AvgIpc) is 2.55. The summed E-state index contributed by atoms with van der Waals surface area (Å²) in [5, 5.41) is 0. The summed E-state index contributed by atoms with van der Waals surface area (Å²) in [6.07, 6.45) is 0. The van der Waals surface area contributed by atoms with Crippen LogP contribution in [-0.2, 0) is 9.59 Å². The molecule has 0 N–H and O–H groups in total. The standard InChI is InChI=1S/C20H18O4/c1-13(2)19(21)23-17-10-16(15-8-6-5-7-9-15)11-18(12-17)24-20(22)14(3)4/h5-12H,1,3H2,2,4H3. The molecule has 4 heteroatoms. The van der Waals surface area contributed by atoms with Crippen molar-refractivity contribution in [2.75, 3.05) is 0 Å². The van der Waals surface area contributed by atoms with E-state index in [1.165, 1.54) is 6.07 Å². The number of benzene rings is 2. The van der Waals surface area contributed by atoms with Gasteiger partial charge in [0.05, 0.1) is 0 Å². The molecule has 0 saturated heterocycles. The van der Waals surface area contributed by atoms with Crippen molar-refractivity contribution in [1.29, 1.82) is 0 Å². The maximum Gasteiger partial charge on any atom is 0.338 e. The molecule has 0 aromatic heterocycles. The van der Waals surface area contributed by atoms with Gasteiger partial charge in [-0.2, -0.15) is 0 Å². The Bertz CT molecular complexity index is 757. The van der Waals surface area contributed by atoms with Crippen molar-refractivity contribution in [3.05, 3.63) is 72.8 Å². The van der Waals surface area contributed by atoms with E-state index >= 15 is 0 Å². The quantitative estimate of drug-likeness (QED) is 0.467. The van der Waals surface area contributed by atoms with Crippen molar-refractivity contribution in [1.82, 2.24) is 0 Å². The van der Waals surface area contributed by atoms with Gasteiger partial charge < -0.3 is 9.47 Å². The van der Waals surface area contributed by atoms with E-state index in [1.54, 1.807) is 26.0 Å². The molecular formula is C20H18O4. The van der Waals surface area contributed by atoms with Gasteiger partial charge in [-0.1, -0.05) is 43.5 Å². The van der Waals surface area contributed by atoms with E-state index in [2.05, 4.69) is 13.2 Å². The van der Waals surface area contributed by atoms with Gasteiger partial charge in [-0.3, -0.25) is 0 Å². The van der Waals surface area contributed by atoms with Crippen molar-refractivity contribution in [2.45, 2.75) is 13.8 Å². The molecule has 0 fully saturated rings. The second kappa shape index (κ2) is 7.42. The van der Waals surface area contributed by atoms with E-state index in [0.717, 1.165) is 11.1 Å². The fourth-order valence-electron chi connectivity index (χ4n) is 1.88. The number of ether oxygens (including phenoxy) is 2. The molecule has 0 bridgehead atoms. The first-order valence-electron chi connectivity index (χ1n) is 7.32. The molecular weight excluding hydrogens is 304 g/mol. The number of carbonyl (C=O) groups is 2. The van der Waals surface area contributed by atoms with E-state index < -0.39 is 11.9 Å². The summed E-state index contributed by atoms with van der Waals surface area (Å²) >= 11 is 0. The maximum atomic E-state index is 11.8. The lowest BCUT2D eigenvalue weighted by Gasteiger charge is -2.11. The zero-order valence-electron chi connectivity index (χ0n) is 13.7. The minimum atomic E-state index is -0.544. The fourth-order valence-corrected chi connectivity index (χ4v) is 1.88. The van der Waals surface area contributed by atoms with Gasteiger partial charge in [-0.15, -0.1) is 0 Å². The van der Waals surface area contributed by atoms with Crippen molar-refractivity contribution < 1.29 is 19.1 Å². The molecule has 0 amide bonds. The van der Waals surface area contributed by atoms with Crippen LogP contribution in [0.25, 0.3) is 11.1 Å². The summed E-state index contributed by atoms with van der Waals surface area (Å²) in [6, 6.07) is 14.4. The van der Waals surface area contributed by atoms with Gasteiger partial charge in [0.1, 0.15) is 11.5 Å². The van der Waals surface area contributed by atoms with Crippen LogP contribution in [0.15, 0.2) is 72.8 Å². The Labute approximate surface area is 141 Å². The second-order valence-corrected chi connectivity index (χ2v) is 5.40. The average molecular weight is 322 g/mol. The van der Waals surface area contributed by atoms with Crippen LogP contribution in [0.5, 0.6) is 11.5 Å². The van der Waals surface area contributed by atoms with Gasteiger partial charge in [-0.05, 0) is 37.1 Å². The highest BCUT2D eigenvalue weighted by Gasteiger charge is 2.12. The van der Waals surface area contributed by atoms with Crippen LogP contribution in [0.2, 0.25) is 0 Å². The molecule has 24 heavy (non-hydrogen) atoms. The van der Waals surface area contributed by atoms with Gasteiger partial charge in [0.2, 0.25) is 0 Å². The van der Waals surface area contributed by atoms with Crippen LogP contribution in [0.3, 0.4) is 0 Å². The third-order valence-corrected chi connectivity index (χ3v) is 3.11. The molecule has 0 radical (unpaired) electrons. The number of hydrogen-bond donors (Lipinski definition) is 0. The van der Waals surface area contributed by atoms with Crippen LogP contribution in [0.4, 0.5) is 0 Å². The number of esters is 2. The SMILES string of the molecule is C=C(C)C(=O)Oc1cc(OC(=O)C(=C)C)cc(-c2ccccc2)c1. The van der Waals surface area contributed by atoms with Crippen molar-refractivity contribution in [2.24, 2.45) is 0 Å². The third kappa shape index (κ3) is 4.43. The monoisotopic (exact) mass is 322 g/mol. The molecule has 0 aliphatic carbocycles. The first-order valence-corrected chi connectivity index (χ1v) is 7.32. The molecule has 0 aliphatic heterocycles. The molecule has 2 aromatic rings. The van der Waals surface area contributed by atoms with Crippen molar-refractivity contribution >= 4 is 11.9 Å². The maximum absolute atomic E-state index is 11.8. The third-order valence-electron chi connectivity index (χ3n) is 3.11. The largest absolute Gasteiger partial charge is 0.423 e. The van der Waals surface area contributed by atoms with E-state index in [-0.39, 0.29) is 22.6 Å². The first-order chi connectivity index (χ1) is 11.4. The summed E-state index contributed by atoms with van der Waals surface area (Å²) in [5.41, 5.74) is 2.21. The molecule has 0 atom stereocenters. The summed E-state index contributed by atoms with van der Waals surface area (Å²) in [7, 11) is 0. The lowest BCUT2D eigenvalue weighted by molar-refractivity contribution is -0.130. The fraction of sp³-hybridized carbons (Fsp3) is 0.100. The van der Waals surface area contributed by atoms with Crippen LogP contribution in [0, 0.1) is 0 Å². The Hall–Kier alpha value is -3.14. The zero-order valence-corrected chi connectivity index (χ0v) is 13.7. The molecule has 0 aliphatic rings. The normalized spacial score (nSPS) is 9.92. The van der Waals surface area contributed by atoms with Crippen LogP contribution >= 0.6 is 0 Å². The Morgan fingerprint density at radius 3 is 1.62 bits per heavy atom. The lowest BCUT2D eigenvalue weighted by atomic mass is 10.1.